The molecule has 0 saturated carbocycles. The van der Waals surface area contributed by atoms with Gasteiger partial charge in [-0.2, -0.15) is 0 Å². The number of carbonyl (C=O) groups is 1. The minimum Gasteiger partial charge on any atom is -0.334 e. The zero-order valence-electron chi connectivity index (χ0n) is 15.7. The molecule has 5 nitrogen and oxygen atoms in total. The molecule has 2 N–H and O–H groups in total. The van der Waals surface area contributed by atoms with Crippen molar-refractivity contribution in [2.75, 3.05) is 46.3 Å². The largest absolute Gasteiger partial charge is 0.334 e. The summed E-state index contributed by atoms with van der Waals surface area (Å²) in [6.45, 7) is 9.03. The van der Waals surface area contributed by atoms with Gasteiger partial charge in [-0.05, 0) is 43.5 Å². The van der Waals surface area contributed by atoms with Crippen molar-refractivity contribution in [3.8, 4) is 0 Å². The van der Waals surface area contributed by atoms with Gasteiger partial charge in [-0.15, -0.1) is 0 Å². The molecule has 1 aromatic rings. The molecule has 0 aromatic heterocycles. The summed E-state index contributed by atoms with van der Waals surface area (Å²) in [4.78, 5) is 19.7. The van der Waals surface area contributed by atoms with E-state index in [0.29, 0.717) is 12.5 Å². The Morgan fingerprint density at radius 3 is 2.44 bits per heavy atom. The van der Waals surface area contributed by atoms with Gasteiger partial charge in [0.1, 0.15) is 0 Å². The van der Waals surface area contributed by atoms with Crippen molar-refractivity contribution < 1.29 is 4.79 Å². The van der Waals surface area contributed by atoms with Crippen LogP contribution in [0.1, 0.15) is 35.7 Å². The zero-order valence-corrected chi connectivity index (χ0v) is 15.7. The van der Waals surface area contributed by atoms with Crippen LogP contribution < -0.4 is 5.73 Å². The topological polar surface area (TPSA) is 52.8 Å². The van der Waals surface area contributed by atoms with Gasteiger partial charge in [0, 0.05) is 57.4 Å². The standard InChI is InChI=1S/C20H32N4O/c1-16-4-3-9-24(19(16)14-21)20(25)18-7-5-17(6-8-18)15-23-12-10-22(2)11-13-23/h5-8,16,19H,3-4,9-15,21H2,1-2H3/t16-,19+/m0/s1. The van der Waals surface area contributed by atoms with E-state index in [1.165, 1.54) is 5.56 Å². The number of nitrogens with two attached hydrogens (primary N) is 1. The molecule has 2 aliphatic heterocycles. The molecule has 2 heterocycles. The van der Waals surface area contributed by atoms with Gasteiger partial charge >= 0.3 is 0 Å². The maximum Gasteiger partial charge on any atom is 0.254 e. The highest BCUT2D eigenvalue weighted by atomic mass is 16.2. The monoisotopic (exact) mass is 344 g/mol. The van der Waals surface area contributed by atoms with E-state index in [2.05, 4.69) is 35.9 Å². The molecule has 0 spiro atoms. The number of nitrogens with zero attached hydrogens (tertiary/aromatic N) is 3. The van der Waals surface area contributed by atoms with E-state index in [1.54, 1.807) is 0 Å². The first-order valence-corrected chi connectivity index (χ1v) is 9.59. The third kappa shape index (κ3) is 4.40. The van der Waals surface area contributed by atoms with Crippen LogP contribution in [0.3, 0.4) is 0 Å². The second kappa shape index (κ2) is 8.30. The van der Waals surface area contributed by atoms with E-state index >= 15 is 0 Å². The molecular formula is C20H32N4O. The van der Waals surface area contributed by atoms with E-state index in [9.17, 15) is 4.79 Å². The average molecular weight is 345 g/mol. The summed E-state index contributed by atoms with van der Waals surface area (Å²) in [6, 6.07) is 8.36. The van der Waals surface area contributed by atoms with Crippen LogP contribution in [0.15, 0.2) is 24.3 Å². The van der Waals surface area contributed by atoms with Crippen LogP contribution in [0.2, 0.25) is 0 Å². The number of hydrogen-bond acceptors (Lipinski definition) is 4. The second-order valence-electron chi connectivity index (χ2n) is 7.70. The van der Waals surface area contributed by atoms with Crippen LogP contribution in [0.5, 0.6) is 0 Å². The number of carbonyl (C=O) groups excluding carboxylic acids is 1. The molecule has 2 fully saturated rings. The highest BCUT2D eigenvalue weighted by molar-refractivity contribution is 5.94. The molecule has 2 aliphatic rings. The van der Waals surface area contributed by atoms with E-state index in [1.807, 2.05) is 17.0 Å². The van der Waals surface area contributed by atoms with Gasteiger partial charge in [-0.3, -0.25) is 9.69 Å². The summed E-state index contributed by atoms with van der Waals surface area (Å²) in [5.41, 5.74) is 8.00. The molecule has 0 unspecified atom stereocenters. The minimum atomic E-state index is 0.133. The first-order chi connectivity index (χ1) is 12.1. The van der Waals surface area contributed by atoms with Crippen LogP contribution >= 0.6 is 0 Å². The Bertz CT molecular complexity index is 566. The first kappa shape index (κ1) is 18.4. The van der Waals surface area contributed by atoms with E-state index in [0.717, 1.165) is 57.7 Å². The van der Waals surface area contributed by atoms with Gasteiger partial charge in [-0.25, -0.2) is 0 Å². The Hall–Kier alpha value is -1.43. The van der Waals surface area contributed by atoms with Gasteiger partial charge in [0.25, 0.3) is 5.91 Å². The molecule has 2 atom stereocenters. The predicted molar refractivity (Wildman–Crippen MR) is 101 cm³/mol. The first-order valence-electron chi connectivity index (χ1n) is 9.59. The number of hydrogen-bond donors (Lipinski definition) is 1. The molecule has 138 valence electrons. The van der Waals surface area contributed by atoms with Crippen molar-refractivity contribution in [1.82, 2.24) is 14.7 Å². The SMILES string of the molecule is C[C@H]1CCCN(C(=O)c2ccc(CN3CCN(C)CC3)cc2)[C@@H]1CN. The third-order valence-electron chi connectivity index (χ3n) is 5.82. The quantitative estimate of drug-likeness (QED) is 0.902. The molecule has 0 bridgehead atoms. The minimum absolute atomic E-state index is 0.133. The maximum absolute atomic E-state index is 12.9. The molecule has 2 saturated heterocycles. The van der Waals surface area contributed by atoms with Crippen molar-refractivity contribution in [3.05, 3.63) is 35.4 Å². The van der Waals surface area contributed by atoms with Crippen LogP contribution in [0.25, 0.3) is 0 Å². The number of likely N-dealkylation sites (tertiary alicyclic amines) is 1. The predicted octanol–water partition coefficient (Wildman–Crippen LogP) is 1.63. The van der Waals surface area contributed by atoms with E-state index in [4.69, 9.17) is 5.73 Å². The fourth-order valence-electron chi connectivity index (χ4n) is 4.04. The van der Waals surface area contributed by atoms with Crippen molar-refractivity contribution >= 4 is 5.91 Å². The van der Waals surface area contributed by atoms with Crippen LogP contribution in [0.4, 0.5) is 0 Å². The fourth-order valence-corrected chi connectivity index (χ4v) is 4.04. The molecule has 1 amide bonds. The molecular weight excluding hydrogens is 312 g/mol. The molecule has 25 heavy (non-hydrogen) atoms. The Balaban J connectivity index is 1.62. The number of rotatable bonds is 4. The summed E-state index contributed by atoms with van der Waals surface area (Å²) in [5, 5.41) is 0. The summed E-state index contributed by atoms with van der Waals surface area (Å²) in [6.07, 6.45) is 2.24. The van der Waals surface area contributed by atoms with Gasteiger partial charge in [-0.1, -0.05) is 19.1 Å². The fraction of sp³-hybridized carbons (Fsp3) is 0.650. The Labute approximate surface area is 151 Å². The Morgan fingerprint density at radius 1 is 1.12 bits per heavy atom. The number of amides is 1. The normalized spacial score (nSPS) is 26.0. The Kier molecular flexibility index (Phi) is 6.10. The number of piperidine rings is 1. The summed E-state index contributed by atoms with van der Waals surface area (Å²) >= 11 is 0. The molecule has 0 aliphatic carbocycles. The van der Waals surface area contributed by atoms with Gasteiger partial charge in [0.05, 0.1) is 0 Å². The van der Waals surface area contributed by atoms with Crippen molar-refractivity contribution in [2.24, 2.45) is 11.7 Å². The number of piperazine rings is 1. The lowest BCUT2D eigenvalue weighted by Crippen LogP contribution is -2.51. The van der Waals surface area contributed by atoms with Gasteiger partial charge in [0.2, 0.25) is 0 Å². The average Bonchev–Trinajstić information content (AvgIpc) is 2.63. The van der Waals surface area contributed by atoms with Gasteiger partial charge < -0.3 is 15.5 Å². The molecule has 5 heteroatoms. The molecule has 1 aromatic carbocycles. The van der Waals surface area contributed by atoms with Gasteiger partial charge in [0.15, 0.2) is 0 Å². The van der Waals surface area contributed by atoms with E-state index in [-0.39, 0.29) is 11.9 Å². The molecule has 3 rings (SSSR count). The number of likely N-dealkylation sites (N-methyl/N-ethyl adjacent to an activating group) is 1. The van der Waals surface area contributed by atoms with Crippen molar-refractivity contribution in [2.45, 2.75) is 32.4 Å². The number of benzene rings is 1. The third-order valence-corrected chi connectivity index (χ3v) is 5.82. The smallest absolute Gasteiger partial charge is 0.254 e. The summed E-state index contributed by atoms with van der Waals surface area (Å²) in [5.74, 6) is 0.618. The lowest BCUT2D eigenvalue weighted by Gasteiger charge is -2.39. The van der Waals surface area contributed by atoms with Crippen molar-refractivity contribution in [1.29, 1.82) is 0 Å². The highest BCUT2D eigenvalue weighted by Crippen LogP contribution is 2.24. The lowest BCUT2D eigenvalue weighted by molar-refractivity contribution is 0.0532. The zero-order chi connectivity index (χ0) is 17.8. The summed E-state index contributed by atoms with van der Waals surface area (Å²) < 4.78 is 0. The second-order valence-corrected chi connectivity index (χ2v) is 7.70. The van der Waals surface area contributed by atoms with Crippen LogP contribution in [0, 0.1) is 5.92 Å². The van der Waals surface area contributed by atoms with Crippen LogP contribution in [-0.2, 0) is 6.54 Å². The highest BCUT2D eigenvalue weighted by Gasteiger charge is 2.31. The maximum atomic E-state index is 12.9. The van der Waals surface area contributed by atoms with E-state index < -0.39 is 0 Å². The Morgan fingerprint density at radius 2 is 1.80 bits per heavy atom. The summed E-state index contributed by atoms with van der Waals surface area (Å²) in [7, 11) is 2.17. The molecule has 0 radical (unpaired) electrons. The van der Waals surface area contributed by atoms with Crippen molar-refractivity contribution in [3.63, 3.8) is 0 Å². The lowest BCUT2D eigenvalue weighted by atomic mass is 9.90. The van der Waals surface area contributed by atoms with Crippen LogP contribution in [-0.4, -0.2) is 73.0 Å².